The third-order valence-electron chi connectivity index (χ3n) is 3.21. The van der Waals surface area contributed by atoms with E-state index in [1.54, 1.807) is 4.90 Å². The minimum Gasteiger partial charge on any atom is -0.342 e. The summed E-state index contributed by atoms with van der Waals surface area (Å²) in [5.41, 5.74) is 3.00. The van der Waals surface area contributed by atoms with Crippen molar-refractivity contribution in [1.82, 2.24) is 4.90 Å². The highest BCUT2D eigenvalue weighted by atomic mass is 16.2. The van der Waals surface area contributed by atoms with Gasteiger partial charge in [-0.05, 0) is 37.5 Å². The van der Waals surface area contributed by atoms with E-state index in [4.69, 9.17) is 0 Å². The summed E-state index contributed by atoms with van der Waals surface area (Å²) in [6.07, 6.45) is 1.23. The van der Waals surface area contributed by atoms with Crippen molar-refractivity contribution in [1.29, 1.82) is 0 Å². The molecule has 20 heavy (non-hydrogen) atoms. The lowest BCUT2D eigenvalue weighted by Crippen LogP contribution is -2.32. The quantitative estimate of drug-likeness (QED) is 0.868. The van der Waals surface area contributed by atoms with Crippen LogP contribution in [-0.2, 0) is 9.59 Å². The monoisotopic (exact) mass is 276 g/mol. The van der Waals surface area contributed by atoms with Gasteiger partial charge < -0.3 is 10.2 Å². The Morgan fingerprint density at radius 1 is 1.20 bits per heavy atom. The Hall–Kier alpha value is -1.84. The van der Waals surface area contributed by atoms with Crippen LogP contribution in [0.15, 0.2) is 18.2 Å². The zero-order chi connectivity index (χ0) is 15.1. The number of rotatable bonds is 6. The van der Waals surface area contributed by atoms with Gasteiger partial charge in [0.25, 0.3) is 0 Å². The molecule has 0 spiro atoms. The van der Waals surface area contributed by atoms with Gasteiger partial charge >= 0.3 is 0 Å². The highest BCUT2D eigenvalue weighted by Crippen LogP contribution is 2.16. The molecule has 4 heteroatoms. The van der Waals surface area contributed by atoms with Gasteiger partial charge in [-0.2, -0.15) is 0 Å². The van der Waals surface area contributed by atoms with Gasteiger partial charge in [0, 0.05) is 32.1 Å². The molecule has 1 aromatic rings. The smallest absolute Gasteiger partial charge is 0.226 e. The summed E-state index contributed by atoms with van der Waals surface area (Å²) in [7, 11) is 0. The van der Waals surface area contributed by atoms with Crippen molar-refractivity contribution in [3.63, 3.8) is 0 Å². The second kappa shape index (κ2) is 7.68. The average molecular weight is 276 g/mol. The molecule has 0 aromatic heterocycles. The highest BCUT2D eigenvalue weighted by Gasteiger charge is 2.11. The van der Waals surface area contributed by atoms with Gasteiger partial charge in [-0.3, -0.25) is 9.59 Å². The van der Waals surface area contributed by atoms with Gasteiger partial charge in [-0.25, -0.2) is 0 Å². The van der Waals surface area contributed by atoms with Crippen molar-refractivity contribution in [2.75, 3.05) is 18.4 Å². The Morgan fingerprint density at radius 3 is 2.50 bits per heavy atom. The van der Waals surface area contributed by atoms with Crippen molar-refractivity contribution in [2.24, 2.45) is 0 Å². The molecule has 0 aliphatic rings. The minimum atomic E-state index is -0.0546. The molecule has 0 saturated carbocycles. The fourth-order valence-electron chi connectivity index (χ4n) is 2.02. The maximum atomic E-state index is 12.0. The molecule has 0 unspecified atom stereocenters. The van der Waals surface area contributed by atoms with Crippen LogP contribution in [0.5, 0.6) is 0 Å². The maximum Gasteiger partial charge on any atom is 0.226 e. The Morgan fingerprint density at radius 2 is 1.90 bits per heavy atom. The van der Waals surface area contributed by atoms with E-state index in [-0.39, 0.29) is 11.8 Å². The summed E-state index contributed by atoms with van der Waals surface area (Å²) in [5.74, 6) is -0.0348. The topological polar surface area (TPSA) is 49.4 Å². The second-order valence-electron chi connectivity index (χ2n) is 5.12. The van der Waals surface area contributed by atoms with Crippen molar-refractivity contribution < 1.29 is 9.59 Å². The largest absolute Gasteiger partial charge is 0.342 e. The summed E-state index contributed by atoms with van der Waals surface area (Å²) in [6.45, 7) is 8.69. The predicted molar refractivity (Wildman–Crippen MR) is 81.7 cm³/mol. The fraction of sp³-hybridized carbons (Fsp3) is 0.500. The van der Waals surface area contributed by atoms with Crippen molar-refractivity contribution in [2.45, 2.75) is 40.5 Å². The standard InChI is InChI=1S/C16H24N2O2/c1-5-9-18(14(4)19)10-8-16(20)17-15-11-12(2)6-7-13(15)3/h6-7,11H,5,8-10H2,1-4H3,(H,17,20). The highest BCUT2D eigenvalue weighted by molar-refractivity contribution is 5.92. The van der Waals surface area contributed by atoms with E-state index in [1.807, 2.05) is 39.0 Å². The second-order valence-corrected chi connectivity index (χ2v) is 5.12. The van der Waals surface area contributed by atoms with Gasteiger partial charge in [0.15, 0.2) is 0 Å². The van der Waals surface area contributed by atoms with Crippen LogP contribution in [0.4, 0.5) is 5.69 Å². The molecule has 0 saturated heterocycles. The van der Waals surface area contributed by atoms with Crippen LogP contribution in [0.1, 0.15) is 37.8 Å². The van der Waals surface area contributed by atoms with Gasteiger partial charge in [0.2, 0.25) is 11.8 Å². The lowest BCUT2D eigenvalue weighted by Gasteiger charge is -2.20. The molecular weight excluding hydrogens is 252 g/mol. The molecule has 110 valence electrons. The molecule has 1 rings (SSSR count). The van der Waals surface area contributed by atoms with Crippen molar-refractivity contribution in [3.05, 3.63) is 29.3 Å². The number of nitrogens with zero attached hydrogens (tertiary/aromatic N) is 1. The zero-order valence-corrected chi connectivity index (χ0v) is 12.8. The normalized spacial score (nSPS) is 10.2. The Labute approximate surface area is 121 Å². The van der Waals surface area contributed by atoms with Gasteiger partial charge in [0.05, 0.1) is 0 Å². The number of nitrogens with one attached hydrogen (secondary N) is 1. The van der Waals surface area contributed by atoms with Crippen LogP contribution in [0.3, 0.4) is 0 Å². The average Bonchev–Trinajstić information content (AvgIpc) is 2.38. The Balaban J connectivity index is 2.55. The van der Waals surface area contributed by atoms with Gasteiger partial charge in [0.1, 0.15) is 0 Å². The van der Waals surface area contributed by atoms with Crippen LogP contribution in [0, 0.1) is 13.8 Å². The van der Waals surface area contributed by atoms with E-state index in [0.29, 0.717) is 19.5 Å². The van der Waals surface area contributed by atoms with Gasteiger partial charge in [-0.15, -0.1) is 0 Å². The molecule has 0 aliphatic heterocycles. The number of anilines is 1. The Kier molecular flexibility index (Phi) is 6.22. The summed E-state index contributed by atoms with van der Waals surface area (Å²) in [4.78, 5) is 25.1. The van der Waals surface area contributed by atoms with Crippen LogP contribution in [0.2, 0.25) is 0 Å². The molecule has 0 atom stereocenters. The van der Waals surface area contributed by atoms with Crippen molar-refractivity contribution in [3.8, 4) is 0 Å². The first-order valence-electron chi connectivity index (χ1n) is 7.06. The number of hydrogen-bond acceptors (Lipinski definition) is 2. The molecule has 2 amide bonds. The number of carbonyl (C=O) groups is 2. The molecular formula is C16H24N2O2. The first-order chi connectivity index (χ1) is 9.43. The van der Waals surface area contributed by atoms with Crippen LogP contribution in [-0.4, -0.2) is 29.8 Å². The summed E-state index contributed by atoms with van der Waals surface area (Å²) in [6, 6.07) is 5.97. The SMILES string of the molecule is CCCN(CCC(=O)Nc1cc(C)ccc1C)C(C)=O. The molecule has 4 nitrogen and oxygen atoms in total. The third kappa shape index (κ3) is 5.03. The number of amides is 2. The molecule has 0 fully saturated rings. The van der Waals surface area contributed by atoms with Crippen molar-refractivity contribution >= 4 is 17.5 Å². The van der Waals surface area contributed by atoms with E-state index in [9.17, 15) is 9.59 Å². The van der Waals surface area contributed by atoms with E-state index >= 15 is 0 Å². The maximum absolute atomic E-state index is 12.0. The first kappa shape index (κ1) is 16.2. The Bertz CT molecular complexity index is 483. The molecule has 0 heterocycles. The van der Waals surface area contributed by atoms with Crippen LogP contribution in [0.25, 0.3) is 0 Å². The molecule has 0 bridgehead atoms. The number of hydrogen-bond donors (Lipinski definition) is 1. The third-order valence-corrected chi connectivity index (χ3v) is 3.21. The summed E-state index contributed by atoms with van der Waals surface area (Å²) >= 11 is 0. The van der Waals surface area contributed by atoms with Crippen LogP contribution >= 0.6 is 0 Å². The zero-order valence-electron chi connectivity index (χ0n) is 12.8. The first-order valence-corrected chi connectivity index (χ1v) is 7.06. The van der Waals surface area contributed by atoms with E-state index in [2.05, 4.69) is 5.32 Å². The van der Waals surface area contributed by atoms with E-state index in [0.717, 1.165) is 23.2 Å². The predicted octanol–water partition coefficient (Wildman–Crippen LogP) is 2.89. The van der Waals surface area contributed by atoms with E-state index < -0.39 is 0 Å². The molecule has 1 aromatic carbocycles. The van der Waals surface area contributed by atoms with E-state index in [1.165, 1.54) is 6.92 Å². The number of benzene rings is 1. The lowest BCUT2D eigenvalue weighted by atomic mass is 10.1. The number of aryl methyl sites for hydroxylation is 2. The lowest BCUT2D eigenvalue weighted by molar-refractivity contribution is -0.129. The molecule has 1 N–H and O–H groups in total. The minimum absolute atomic E-state index is 0.0198. The molecule has 0 radical (unpaired) electrons. The van der Waals surface area contributed by atoms with Gasteiger partial charge in [-0.1, -0.05) is 19.1 Å². The van der Waals surface area contributed by atoms with Crippen LogP contribution < -0.4 is 5.32 Å². The fourth-order valence-corrected chi connectivity index (χ4v) is 2.02. The number of carbonyl (C=O) groups excluding carboxylic acids is 2. The summed E-state index contributed by atoms with van der Waals surface area (Å²) < 4.78 is 0. The molecule has 0 aliphatic carbocycles. The summed E-state index contributed by atoms with van der Waals surface area (Å²) in [5, 5.41) is 2.91.